The van der Waals surface area contributed by atoms with Gasteiger partial charge in [0, 0.05) is 0 Å². The van der Waals surface area contributed by atoms with E-state index < -0.39 is 41.2 Å². The fourth-order valence-corrected chi connectivity index (χ4v) is 5.39. The van der Waals surface area contributed by atoms with Crippen LogP contribution in [-0.4, -0.2) is 18.6 Å². The zero-order valence-electron chi connectivity index (χ0n) is 10.5. The van der Waals surface area contributed by atoms with Crippen LogP contribution in [0.1, 0.15) is 0 Å². The summed E-state index contributed by atoms with van der Waals surface area (Å²) in [5, 5.41) is 17.8. The Labute approximate surface area is 161 Å². The first-order chi connectivity index (χ1) is 10.5. The third kappa shape index (κ3) is 3.16. The maximum Gasteiger partial charge on any atom is 0.217 e. The van der Waals surface area contributed by atoms with Gasteiger partial charge in [-0.3, -0.25) is 0 Å². The molecule has 11 heteroatoms. The molecule has 2 aromatic rings. The van der Waals surface area contributed by atoms with Gasteiger partial charge < -0.3 is 10.2 Å². The van der Waals surface area contributed by atoms with Gasteiger partial charge in [0.05, 0.1) is 30.1 Å². The number of phenols is 2. The Bertz CT molecular complexity index is 804. The molecule has 0 bridgehead atoms. The van der Waals surface area contributed by atoms with Crippen LogP contribution in [-0.2, 0) is 9.84 Å². The van der Waals surface area contributed by atoms with E-state index in [0.717, 1.165) is 12.1 Å². The van der Waals surface area contributed by atoms with Gasteiger partial charge in [0.2, 0.25) is 9.84 Å². The molecule has 0 radical (unpaired) electrons. The molecule has 23 heavy (non-hydrogen) atoms. The molecule has 0 aliphatic carbocycles. The van der Waals surface area contributed by atoms with E-state index in [1.807, 2.05) is 0 Å². The molecule has 0 aromatic heterocycles. The number of halogens is 6. The number of hydrogen-bond donors (Lipinski definition) is 2. The highest BCUT2D eigenvalue weighted by molar-refractivity contribution is 7.92. The minimum absolute atomic E-state index is 0.225. The van der Waals surface area contributed by atoms with Gasteiger partial charge in [-0.25, -0.2) is 8.42 Å². The van der Waals surface area contributed by atoms with Gasteiger partial charge in [-0.2, -0.15) is 0 Å². The van der Waals surface area contributed by atoms with Crippen molar-refractivity contribution in [3.8, 4) is 11.5 Å². The molecule has 0 amide bonds. The van der Waals surface area contributed by atoms with Crippen molar-refractivity contribution in [3.63, 3.8) is 0 Å². The quantitative estimate of drug-likeness (QED) is 0.556. The van der Waals surface area contributed by atoms with Crippen molar-refractivity contribution in [3.05, 3.63) is 42.3 Å². The molecule has 0 saturated carbocycles. The number of sulfone groups is 1. The van der Waals surface area contributed by atoms with Crippen LogP contribution in [0.25, 0.3) is 0 Å². The molecule has 2 rings (SSSR count). The minimum atomic E-state index is -4.65. The Morgan fingerprint density at radius 3 is 1.26 bits per heavy atom. The smallest absolute Gasteiger partial charge is 0.217 e. The molecule has 0 saturated heterocycles. The van der Waals surface area contributed by atoms with E-state index in [2.05, 4.69) is 0 Å². The second-order valence-electron chi connectivity index (χ2n) is 4.17. The van der Waals surface area contributed by atoms with Crippen molar-refractivity contribution in [2.45, 2.75) is 9.79 Å². The van der Waals surface area contributed by atoms with Crippen LogP contribution in [0.5, 0.6) is 11.5 Å². The molecule has 0 spiro atoms. The number of aromatic hydroxyl groups is 2. The standard InChI is InChI=1S/C12H4Cl6O4S/c13-3-1-5(15)9(19)11(7(3)17)23(21,22)12-8(18)4(14)2-6(16)10(12)20/h1-2,19-20H. The second kappa shape index (κ2) is 6.56. The minimum Gasteiger partial charge on any atom is -0.505 e. The molecular weight excluding hydrogens is 453 g/mol. The topological polar surface area (TPSA) is 74.6 Å². The first-order valence-electron chi connectivity index (χ1n) is 5.48. The lowest BCUT2D eigenvalue weighted by atomic mass is 10.3. The lowest BCUT2D eigenvalue weighted by Crippen LogP contribution is -2.06. The molecule has 0 aliphatic heterocycles. The van der Waals surface area contributed by atoms with Crippen LogP contribution < -0.4 is 0 Å². The summed E-state index contributed by atoms with van der Waals surface area (Å²) >= 11 is 34.8. The van der Waals surface area contributed by atoms with E-state index in [1.54, 1.807) is 0 Å². The zero-order valence-corrected chi connectivity index (χ0v) is 15.9. The highest BCUT2D eigenvalue weighted by Gasteiger charge is 2.34. The summed E-state index contributed by atoms with van der Waals surface area (Å²) in [7, 11) is -4.65. The molecule has 0 fully saturated rings. The van der Waals surface area contributed by atoms with Gasteiger partial charge >= 0.3 is 0 Å². The summed E-state index contributed by atoms with van der Waals surface area (Å²) in [6, 6.07) is 2.12. The van der Waals surface area contributed by atoms with Gasteiger partial charge in [0.15, 0.2) is 11.5 Å². The largest absolute Gasteiger partial charge is 0.505 e. The Morgan fingerprint density at radius 1 is 0.652 bits per heavy atom. The molecule has 2 aromatic carbocycles. The summed E-state index contributed by atoms with van der Waals surface area (Å²) in [4.78, 5) is -1.65. The Hall–Kier alpha value is -0.270. The van der Waals surface area contributed by atoms with Gasteiger partial charge in [0.1, 0.15) is 9.79 Å². The average Bonchev–Trinajstić information content (AvgIpc) is 2.43. The molecule has 0 atom stereocenters. The van der Waals surface area contributed by atoms with Crippen molar-refractivity contribution < 1.29 is 18.6 Å². The Kier molecular flexibility index (Phi) is 5.44. The molecule has 0 aliphatic rings. The van der Waals surface area contributed by atoms with Gasteiger partial charge in [0.25, 0.3) is 0 Å². The van der Waals surface area contributed by atoms with Crippen molar-refractivity contribution in [2.75, 3.05) is 0 Å². The third-order valence-corrected chi connectivity index (χ3v) is 6.99. The summed E-state index contributed by atoms with van der Waals surface area (Å²) in [5.41, 5.74) is 0. The summed E-state index contributed by atoms with van der Waals surface area (Å²) in [6.07, 6.45) is 0. The first-order valence-corrected chi connectivity index (χ1v) is 9.23. The molecular formula is C12H4Cl6O4S. The third-order valence-electron chi connectivity index (χ3n) is 2.75. The summed E-state index contributed by atoms with van der Waals surface area (Å²) in [5.74, 6) is -1.71. The van der Waals surface area contributed by atoms with Crippen LogP contribution in [0.15, 0.2) is 21.9 Å². The van der Waals surface area contributed by atoms with Gasteiger partial charge in [-0.1, -0.05) is 69.6 Å². The van der Waals surface area contributed by atoms with Crippen LogP contribution >= 0.6 is 69.6 Å². The van der Waals surface area contributed by atoms with E-state index in [-0.39, 0.29) is 20.1 Å². The molecule has 0 heterocycles. The normalized spacial score (nSPS) is 11.7. The van der Waals surface area contributed by atoms with Crippen molar-refractivity contribution >= 4 is 79.4 Å². The van der Waals surface area contributed by atoms with Crippen LogP contribution in [0.4, 0.5) is 0 Å². The highest BCUT2D eigenvalue weighted by Crippen LogP contribution is 2.49. The zero-order chi connectivity index (χ0) is 17.7. The number of hydrogen-bond acceptors (Lipinski definition) is 4. The van der Waals surface area contributed by atoms with E-state index in [9.17, 15) is 18.6 Å². The summed E-state index contributed by atoms with van der Waals surface area (Å²) < 4.78 is 25.6. The fraction of sp³-hybridized carbons (Fsp3) is 0. The maximum absolute atomic E-state index is 12.8. The molecule has 2 N–H and O–H groups in total. The van der Waals surface area contributed by atoms with E-state index in [0.29, 0.717) is 0 Å². The monoisotopic (exact) mass is 454 g/mol. The summed E-state index contributed by atoms with van der Waals surface area (Å²) in [6.45, 7) is 0. The lowest BCUT2D eigenvalue weighted by molar-refractivity contribution is 0.453. The number of phenolic OH excluding ortho intramolecular Hbond substituents is 2. The first kappa shape index (κ1) is 19.1. The van der Waals surface area contributed by atoms with Gasteiger partial charge in [-0.15, -0.1) is 0 Å². The average molecular weight is 457 g/mol. The maximum atomic E-state index is 12.8. The van der Waals surface area contributed by atoms with E-state index in [1.165, 1.54) is 0 Å². The molecule has 0 unspecified atom stereocenters. The lowest BCUT2D eigenvalue weighted by Gasteiger charge is -2.14. The van der Waals surface area contributed by atoms with Crippen molar-refractivity contribution in [1.82, 2.24) is 0 Å². The van der Waals surface area contributed by atoms with E-state index in [4.69, 9.17) is 69.6 Å². The SMILES string of the molecule is O=S(=O)(c1c(O)c(Cl)cc(Cl)c1Cl)c1c(O)c(Cl)cc(Cl)c1Cl. The van der Waals surface area contributed by atoms with Crippen molar-refractivity contribution in [1.29, 1.82) is 0 Å². The predicted molar refractivity (Wildman–Crippen MR) is 91.7 cm³/mol. The van der Waals surface area contributed by atoms with E-state index >= 15 is 0 Å². The highest BCUT2D eigenvalue weighted by atomic mass is 35.5. The number of benzene rings is 2. The van der Waals surface area contributed by atoms with Crippen LogP contribution in [0, 0.1) is 0 Å². The fourth-order valence-electron chi connectivity index (χ4n) is 1.72. The van der Waals surface area contributed by atoms with Crippen molar-refractivity contribution in [2.24, 2.45) is 0 Å². The molecule has 124 valence electrons. The Morgan fingerprint density at radius 2 is 0.957 bits per heavy atom. The van der Waals surface area contributed by atoms with Crippen LogP contribution in [0.3, 0.4) is 0 Å². The second-order valence-corrected chi connectivity index (χ2v) is 8.38. The van der Waals surface area contributed by atoms with Crippen LogP contribution in [0.2, 0.25) is 30.1 Å². The van der Waals surface area contributed by atoms with Gasteiger partial charge in [-0.05, 0) is 12.1 Å². The Balaban J connectivity index is 2.97. The predicted octanol–water partition coefficient (Wildman–Crippen LogP) is 5.85. The number of rotatable bonds is 2. The molecule has 4 nitrogen and oxygen atoms in total.